The lowest BCUT2D eigenvalue weighted by atomic mass is 9.48. The summed E-state index contributed by atoms with van der Waals surface area (Å²) in [5.41, 5.74) is 0.424. The van der Waals surface area contributed by atoms with Crippen molar-refractivity contribution < 1.29 is 28.8 Å². The average molecular weight is 425 g/mol. The molecule has 0 bridgehead atoms. The minimum absolute atomic E-state index is 0.0531. The Morgan fingerprint density at radius 2 is 2.10 bits per heavy atom. The first-order chi connectivity index (χ1) is 13.7. The first-order valence-corrected chi connectivity index (χ1v) is 12.1. The lowest BCUT2D eigenvalue weighted by molar-refractivity contribution is -0.271. The smallest absolute Gasteiger partial charge is 0.334 e. The fourth-order valence-electron chi connectivity index (χ4n) is 7.16. The van der Waals surface area contributed by atoms with Crippen LogP contribution in [0.5, 0.6) is 0 Å². The number of carbonyl (C=O) groups excluding carboxylic acids is 1. The summed E-state index contributed by atoms with van der Waals surface area (Å²) in [6.45, 7) is 9.54. The van der Waals surface area contributed by atoms with Crippen LogP contribution in [0.25, 0.3) is 0 Å². The maximum atomic E-state index is 12.1. The summed E-state index contributed by atoms with van der Waals surface area (Å²) in [5, 5.41) is 11.3. The van der Waals surface area contributed by atoms with Crippen LogP contribution in [0.4, 0.5) is 0 Å². The predicted molar refractivity (Wildman–Crippen MR) is 108 cm³/mol. The van der Waals surface area contributed by atoms with Crippen molar-refractivity contribution in [2.75, 3.05) is 25.4 Å². The average Bonchev–Trinajstić information content (AvgIpc) is 3.35. The van der Waals surface area contributed by atoms with Gasteiger partial charge in [-0.3, -0.25) is 0 Å². The van der Waals surface area contributed by atoms with Gasteiger partial charge in [0.15, 0.2) is 0 Å². The van der Waals surface area contributed by atoms with Gasteiger partial charge in [0.25, 0.3) is 0 Å². The van der Waals surface area contributed by atoms with Crippen molar-refractivity contribution in [2.45, 2.75) is 70.1 Å². The van der Waals surface area contributed by atoms with Crippen molar-refractivity contribution in [1.82, 2.24) is 0 Å². The van der Waals surface area contributed by atoms with Gasteiger partial charge in [0.2, 0.25) is 0 Å². The minimum Gasteiger partial charge on any atom is -0.458 e. The van der Waals surface area contributed by atoms with Gasteiger partial charge in [-0.25, -0.2) is 4.79 Å². The normalized spacial score (nSPS) is 50.6. The first-order valence-electron chi connectivity index (χ1n) is 10.7. The molecular weight excluding hydrogens is 392 g/mol. The number of hydrogen-bond acceptors (Lipinski definition) is 7. The van der Waals surface area contributed by atoms with E-state index in [9.17, 15) is 9.90 Å². The monoisotopic (exact) mass is 424 g/mol. The van der Waals surface area contributed by atoms with Gasteiger partial charge in [0.05, 0.1) is 24.8 Å². The molecule has 2 aliphatic carbocycles. The molecular formula is C22H32O6S. The van der Waals surface area contributed by atoms with Gasteiger partial charge in [0.1, 0.15) is 23.9 Å². The van der Waals surface area contributed by atoms with Crippen LogP contribution >= 0.6 is 11.8 Å². The Morgan fingerprint density at radius 3 is 2.79 bits per heavy atom. The van der Waals surface area contributed by atoms with E-state index in [1.165, 1.54) is 0 Å². The zero-order valence-electron chi connectivity index (χ0n) is 17.9. The molecule has 0 amide bonds. The molecule has 3 heterocycles. The molecule has 1 unspecified atom stereocenters. The minimum atomic E-state index is -0.644. The Kier molecular flexibility index (Phi) is 4.52. The zero-order chi connectivity index (χ0) is 20.8. The molecule has 0 aromatic carbocycles. The summed E-state index contributed by atoms with van der Waals surface area (Å²) >= 11 is 1.63. The van der Waals surface area contributed by atoms with Crippen LogP contribution in [0.2, 0.25) is 0 Å². The first kappa shape index (κ1) is 20.3. The van der Waals surface area contributed by atoms with E-state index in [4.69, 9.17) is 18.9 Å². The second-order valence-corrected chi connectivity index (χ2v) is 10.9. The van der Waals surface area contributed by atoms with E-state index in [-0.39, 0.29) is 41.3 Å². The maximum Gasteiger partial charge on any atom is 0.334 e. The molecule has 6 nitrogen and oxygen atoms in total. The van der Waals surface area contributed by atoms with Gasteiger partial charge in [-0.1, -0.05) is 20.8 Å². The molecule has 0 aromatic heterocycles. The van der Waals surface area contributed by atoms with E-state index in [1.54, 1.807) is 11.8 Å². The molecule has 1 saturated carbocycles. The Labute approximate surface area is 176 Å². The van der Waals surface area contributed by atoms with Crippen molar-refractivity contribution in [1.29, 1.82) is 0 Å². The number of epoxide rings is 1. The number of cyclic esters (lactones) is 1. The molecule has 2 saturated heterocycles. The Hall–Kier alpha value is -0.600. The highest BCUT2D eigenvalue weighted by Gasteiger charge is 2.86. The fraction of sp³-hybridized carbons (Fsp3) is 0.864. The molecule has 0 radical (unpaired) electrons. The number of ether oxygens (including phenoxy) is 4. The number of thioether (sulfide) groups is 1. The van der Waals surface area contributed by atoms with Crippen molar-refractivity contribution in [3.8, 4) is 0 Å². The summed E-state index contributed by atoms with van der Waals surface area (Å²) in [5.74, 6) is 0.637. The number of aliphatic hydroxyl groups is 1. The number of rotatable bonds is 4. The SMILES string of the molecule is CSCO[C@@H]1C(C(C)C)[C@@H](O)[C@@H]2O[C@@]23[C@@]2(C)CCC4=C(COC4=O)[C@@H]2CO[C@]13C. The molecule has 3 fully saturated rings. The second-order valence-electron chi connectivity index (χ2n) is 10.0. The van der Waals surface area contributed by atoms with Gasteiger partial charge < -0.3 is 24.1 Å². The summed E-state index contributed by atoms with van der Waals surface area (Å²) in [6.07, 6.45) is 2.44. The van der Waals surface area contributed by atoms with Crippen LogP contribution in [0, 0.1) is 23.2 Å². The molecule has 3 aliphatic heterocycles. The topological polar surface area (TPSA) is 77.5 Å². The molecule has 5 rings (SSSR count). The lowest BCUT2D eigenvalue weighted by Gasteiger charge is -2.61. The van der Waals surface area contributed by atoms with Crippen molar-refractivity contribution in [3.63, 3.8) is 0 Å². The number of hydrogen-bond donors (Lipinski definition) is 1. The second kappa shape index (κ2) is 6.45. The van der Waals surface area contributed by atoms with Crippen LogP contribution in [0.15, 0.2) is 11.1 Å². The van der Waals surface area contributed by atoms with Crippen molar-refractivity contribution in [3.05, 3.63) is 11.1 Å². The molecule has 0 aromatic rings. The number of aliphatic hydroxyl groups excluding tert-OH is 1. The molecule has 7 heteroatoms. The molecule has 29 heavy (non-hydrogen) atoms. The van der Waals surface area contributed by atoms with E-state index in [0.29, 0.717) is 25.6 Å². The summed E-state index contributed by atoms with van der Waals surface area (Å²) in [7, 11) is 0. The quantitative estimate of drug-likeness (QED) is 0.422. The number of carbonyl (C=O) groups is 1. The van der Waals surface area contributed by atoms with E-state index in [2.05, 4.69) is 27.7 Å². The van der Waals surface area contributed by atoms with Gasteiger partial charge in [-0.2, -0.15) is 0 Å². The molecule has 1 spiro atoms. The highest BCUT2D eigenvalue weighted by molar-refractivity contribution is 7.98. The van der Waals surface area contributed by atoms with Gasteiger partial charge in [-0.15, -0.1) is 11.8 Å². The number of fused-ring (bicyclic) bond motifs is 2. The lowest BCUT2D eigenvalue weighted by Crippen LogP contribution is -2.74. The third-order valence-corrected chi connectivity index (χ3v) is 8.97. The predicted octanol–water partition coefficient (Wildman–Crippen LogP) is 2.54. The maximum absolute atomic E-state index is 12.1. The van der Waals surface area contributed by atoms with E-state index >= 15 is 0 Å². The largest absolute Gasteiger partial charge is 0.458 e. The molecule has 8 atom stereocenters. The van der Waals surface area contributed by atoms with E-state index < -0.39 is 17.3 Å². The highest BCUT2D eigenvalue weighted by atomic mass is 32.2. The Bertz CT molecular complexity index is 766. The Morgan fingerprint density at radius 1 is 1.34 bits per heavy atom. The van der Waals surface area contributed by atoms with Crippen molar-refractivity contribution in [2.24, 2.45) is 23.2 Å². The van der Waals surface area contributed by atoms with Gasteiger partial charge >= 0.3 is 5.97 Å². The standard InChI is InChI=1S/C22H32O6S/c1-11(2)15-16(23)18-22(28-18)20(3)7-6-12-13(8-25-19(12)24)14(20)9-27-21(22,4)17(15)26-10-29-5/h11,14-18,23H,6-10H2,1-5H3/t14-,15?,16+,17+,18-,20-,21+,22+/m0/s1. The third-order valence-electron chi connectivity index (χ3n) is 8.60. The van der Waals surface area contributed by atoms with Crippen LogP contribution in [-0.2, 0) is 23.7 Å². The van der Waals surface area contributed by atoms with E-state index in [0.717, 1.165) is 17.6 Å². The summed E-state index contributed by atoms with van der Waals surface area (Å²) in [6, 6.07) is 0. The van der Waals surface area contributed by atoms with E-state index in [1.807, 2.05) is 6.26 Å². The Balaban J connectivity index is 1.59. The van der Waals surface area contributed by atoms with Crippen LogP contribution in [0.1, 0.15) is 40.5 Å². The van der Waals surface area contributed by atoms with Crippen LogP contribution < -0.4 is 0 Å². The highest BCUT2D eigenvalue weighted by Crippen LogP contribution is 2.72. The van der Waals surface area contributed by atoms with Crippen LogP contribution in [0.3, 0.4) is 0 Å². The van der Waals surface area contributed by atoms with Gasteiger partial charge in [0, 0.05) is 22.8 Å². The molecule has 5 aliphatic rings. The zero-order valence-corrected chi connectivity index (χ0v) is 18.7. The van der Waals surface area contributed by atoms with Gasteiger partial charge in [-0.05, 0) is 37.5 Å². The fourth-order valence-corrected chi connectivity index (χ4v) is 7.44. The van der Waals surface area contributed by atoms with Crippen molar-refractivity contribution >= 4 is 17.7 Å². The number of esters is 1. The summed E-state index contributed by atoms with van der Waals surface area (Å²) in [4.78, 5) is 12.1. The summed E-state index contributed by atoms with van der Waals surface area (Å²) < 4.78 is 24.9. The molecule has 1 N–H and O–H groups in total. The molecule has 162 valence electrons. The third kappa shape index (κ3) is 2.31. The van der Waals surface area contributed by atoms with Crippen LogP contribution in [-0.4, -0.2) is 66.0 Å².